The second kappa shape index (κ2) is 8.92. The number of nitrogens with one attached hydrogen (secondary N) is 1. The molecular weight excluding hydrogens is 304 g/mol. The first-order chi connectivity index (χ1) is 11.5. The number of ether oxygens (including phenoxy) is 2. The predicted octanol–water partition coefficient (Wildman–Crippen LogP) is 2.80. The van der Waals surface area contributed by atoms with Crippen molar-refractivity contribution in [2.45, 2.75) is 26.7 Å². The molecule has 2 atom stereocenters. The molecule has 0 aliphatic carbocycles. The van der Waals surface area contributed by atoms with Crippen molar-refractivity contribution < 1.29 is 14.3 Å². The summed E-state index contributed by atoms with van der Waals surface area (Å²) >= 11 is 0. The third-order valence-corrected chi connectivity index (χ3v) is 4.53. The quantitative estimate of drug-likeness (QED) is 0.779. The Hall–Kier alpha value is -1.75. The molecule has 1 N–H and O–H groups in total. The van der Waals surface area contributed by atoms with Crippen LogP contribution in [0.25, 0.3) is 0 Å². The van der Waals surface area contributed by atoms with Crippen molar-refractivity contribution in [1.82, 2.24) is 10.2 Å². The molecule has 134 valence electrons. The maximum atomic E-state index is 12.4. The summed E-state index contributed by atoms with van der Waals surface area (Å²) in [5.74, 6) is 2.47. The first-order valence-corrected chi connectivity index (χ1v) is 8.76. The number of nitrogens with zero attached hydrogens (tertiary/aromatic N) is 1. The number of methoxy groups -OCH3 is 2. The van der Waals surface area contributed by atoms with Gasteiger partial charge in [-0.2, -0.15) is 0 Å². The van der Waals surface area contributed by atoms with Gasteiger partial charge in [-0.1, -0.05) is 19.9 Å². The fraction of sp³-hybridized carbons (Fsp3) is 0.632. The summed E-state index contributed by atoms with van der Waals surface area (Å²) in [5.41, 5.74) is 0.511. The van der Waals surface area contributed by atoms with Gasteiger partial charge in [-0.05, 0) is 43.4 Å². The van der Waals surface area contributed by atoms with Crippen molar-refractivity contribution in [2.75, 3.05) is 40.4 Å². The van der Waals surface area contributed by atoms with Crippen LogP contribution in [-0.2, 0) is 0 Å². The largest absolute Gasteiger partial charge is 0.493 e. The van der Waals surface area contributed by atoms with Gasteiger partial charge < -0.3 is 19.7 Å². The monoisotopic (exact) mass is 334 g/mol. The average molecular weight is 334 g/mol. The van der Waals surface area contributed by atoms with E-state index in [4.69, 9.17) is 9.47 Å². The topological polar surface area (TPSA) is 50.8 Å². The SMILES string of the molecule is COc1cccc(C(=O)NCCCN2C[C@@H](C)C[C@H](C)C2)c1OC. The number of hydrogen-bond acceptors (Lipinski definition) is 4. The van der Waals surface area contributed by atoms with E-state index < -0.39 is 0 Å². The second-order valence-corrected chi connectivity index (χ2v) is 6.86. The summed E-state index contributed by atoms with van der Waals surface area (Å²) in [6, 6.07) is 5.34. The van der Waals surface area contributed by atoms with Gasteiger partial charge >= 0.3 is 0 Å². The first-order valence-electron chi connectivity index (χ1n) is 8.76. The number of likely N-dealkylation sites (tertiary alicyclic amines) is 1. The molecule has 1 aliphatic rings. The molecule has 1 saturated heterocycles. The van der Waals surface area contributed by atoms with E-state index in [0.29, 0.717) is 23.6 Å². The van der Waals surface area contributed by atoms with Crippen molar-refractivity contribution in [3.05, 3.63) is 23.8 Å². The van der Waals surface area contributed by atoms with Crippen LogP contribution >= 0.6 is 0 Å². The molecule has 5 nitrogen and oxygen atoms in total. The lowest BCUT2D eigenvalue weighted by molar-refractivity contribution is 0.0943. The zero-order valence-corrected chi connectivity index (χ0v) is 15.3. The molecule has 1 heterocycles. The number of para-hydroxylation sites is 1. The Bertz CT molecular complexity index is 537. The smallest absolute Gasteiger partial charge is 0.255 e. The molecule has 0 radical (unpaired) electrons. The van der Waals surface area contributed by atoms with Gasteiger partial charge in [-0.15, -0.1) is 0 Å². The minimum absolute atomic E-state index is 0.119. The van der Waals surface area contributed by atoms with Gasteiger partial charge in [-0.25, -0.2) is 0 Å². The summed E-state index contributed by atoms with van der Waals surface area (Å²) in [6.45, 7) is 8.67. The molecule has 5 heteroatoms. The fourth-order valence-corrected chi connectivity index (χ4v) is 3.64. The fourth-order valence-electron chi connectivity index (χ4n) is 3.64. The highest BCUT2D eigenvalue weighted by atomic mass is 16.5. The summed E-state index contributed by atoms with van der Waals surface area (Å²) in [4.78, 5) is 14.9. The molecule has 0 aromatic heterocycles. The van der Waals surface area contributed by atoms with E-state index in [9.17, 15) is 4.79 Å². The minimum Gasteiger partial charge on any atom is -0.493 e. The highest BCUT2D eigenvalue weighted by Crippen LogP contribution is 2.30. The highest BCUT2D eigenvalue weighted by Gasteiger charge is 2.21. The summed E-state index contributed by atoms with van der Waals surface area (Å²) < 4.78 is 10.6. The van der Waals surface area contributed by atoms with Gasteiger partial charge in [0.2, 0.25) is 0 Å². The lowest BCUT2D eigenvalue weighted by Crippen LogP contribution is -2.40. The van der Waals surface area contributed by atoms with Crippen molar-refractivity contribution in [2.24, 2.45) is 11.8 Å². The van der Waals surface area contributed by atoms with E-state index in [1.54, 1.807) is 32.4 Å². The third-order valence-electron chi connectivity index (χ3n) is 4.53. The second-order valence-electron chi connectivity index (χ2n) is 6.86. The molecule has 1 amide bonds. The van der Waals surface area contributed by atoms with Crippen LogP contribution in [0.4, 0.5) is 0 Å². The van der Waals surface area contributed by atoms with Crippen LogP contribution in [0.5, 0.6) is 11.5 Å². The Labute approximate surface area is 145 Å². The zero-order chi connectivity index (χ0) is 17.5. The molecule has 1 fully saturated rings. The predicted molar refractivity (Wildman–Crippen MR) is 95.9 cm³/mol. The lowest BCUT2D eigenvalue weighted by Gasteiger charge is -2.34. The van der Waals surface area contributed by atoms with Crippen molar-refractivity contribution in [3.63, 3.8) is 0 Å². The molecule has 0 spiro atoms. The average Bonchev–Trinajstić information content (AvgIpc) is 2.56. The molecule has 1 aromatic rings. The van der Waals surface area contributed by atoms with Gasteiger partial charge in [-0.3, -0.25) is 4.79 Å². The van der Waals surface area contributed by atoms with E-state index >= 15 is 0 Å². The maximum Gasteiger partial charge on any atom is 0.255 e. The van der Waals surface area contributed by atoms with Crippen LogP contribution in [0.1, 0.15) is 37.0 Å². The molecule has 0 bridgehead atoms. The summed E-state index contributed by atoms with van der Waals surface area (Å²) in [5, 5.41) is 2.99. The van der Waals surface area contributed by atoms with E-state index in [1.807, 2.05) is 0 Å². The van der Waals surface area contributed by atoms with Crippen LogP contribution in [0.2, 0.25) is 0 Å². The molecule has 0 saturated carbocycles. The van der Waals surface area contributed by atoms with Crippen LogP contribution in [0.15, 0.2) is 18.2 Å². The minimum atomic E-state index is -0.119. The number of piperidine rings is 1. The van der Waals surface area contributed by atoms with Gasteiger partial charge in [0, 0.05) is 19.6 Å². The van der Waals surface area contributed by atoms with Gasteiger partial charge in [0.15, 0.2) is 11.5 Å². The van der Waals surface area contributed by atoms with E-state index in [-0.39, 0.29) is 5.91 Å². The van der Waals surface area contributed by atoms with E-state index in [2.05, 4.69) is 24.1 Å². The standard InChI is InChI=1S/C19H30N2O3/c1-14-11-15(2)13-21(12-14)10-6-9-20-19(22)16-7-5-8-17(23-3)18(16)24-4/h5,7-8,14-15H,6,9-13H2,1-4H3,(H,20,22)/t14-,15-/m0/s1. The summed E-state index contributed by atoms with van der Waals surface area (Å²) in [7, 11) is 3.12. The molecule has 0 unspecified atom stereocenters. The normalized spacial score (nSPS) is 21.3. The first kappa shape index (κ1) is 18.6. The Morgan fingerprint density at radius 1 is 1.21 bits per heavy atom. The maximum absolute atomic E-state index is 12.4. The lowest BCUT2D eigenvalue weighted by atomic mass is 9.92. The number of rotatable bonds is 7. The number of amides is 1. The molecule has 1 aromatic carbocycles. The third kappa shape index (κ3) is 4.87. The van der Waals surface area contributed by atoms with Crippen LogP contribution in [-0.4, -0.2) is 51.2 Å². The van der Waals surface area contributed by atoms with Gasteiger partial charge in [0.05, 0.1) is 19.8 Å². The number of benzene rings is 1. The molecule has 2 rings (SSSR count). The highest BCUT2D eigenvalue weighted by molar-refractivity contribution is 5.97. The number of hydrogen-bond donors (Lipinski definition) is 1. The molecule has 1 aliphatic heterocycles. The Balaban J connectivity index is 1.81. The zero-order valence-electron chi connectivity index (χ0n) is 15.3. The number of carbonyl (C=O) groups excluding carboxylic acids is 1. The van der Waals surface area contributed by atoms with Crippen molar-refractivity contribution in [3.8, 4) is 11.5 Å². The van der Waals surface area contributed by atoms with Crippen LogP contribution in [0, 0.1) is 11.8 Å². The Morgan fingerprint density at radius 3 is 2.54 bits per heavy atom. The Kier molecular flexibility index (Phi) is 6.91. The van der Waals surface area contributed by atoms with E-state index in [1.165, 1.54) is 19.5 Å². The molecule has 24 heavy (non-hydrogen) atoms. The van der Waals surface area contributed by atoms with E-state index in [0.717, 1.165) is 24.8 Å². The van der Waals surface area contributed by atoms with Crippen molar-refractivity contribution in [1.29, 1.82) is 0 Å². The van der Waals surface area contributed by atoms with Crippen LogP contribution in [0.3, 0.4) is 0 Å². The van der Waals surface area contributed by atoms with Gasteiger partial charge in [0.1, 0.15) is 0 Å². The summed E-state index contributed by atoms with van der Waals surface area (Å²) in [6.07, 6.45) is 2.28. The molecular formula is C19H30N2O3. The number of carbonyl (C=O) groups is 1. The van der Waals surface area contributed by atoms with Crippen molar-refractivity contribution >= 4 is 5.91 Å². The van der Waals surface area contributed by atoms with Crippen LogP contribution < -0.4 is 14.8 Å². The Morgan fingerprint density at radius 2 is 1.92 bits per heavy atom. The van der Waals surface area contributed by atoms with Gasteiger partial charge in [0.25, 0.3) is 5.91 Å².